The summed E-state index contributed by atoms with van der Waals surface area (Å²) in [4.78, 5) is 88.5. The van der Waals surface area contributed by atoms with Crippen LogP contribution in [0.4, 0.5) is 0 Å². The molecule has 252 valence electrons. The van der Waals surface area contributed by atoms with Crippen LogP contribution in [0.2, 0.25) is 0 Å². The lowest BCUT2D eigenvalue weighted by Crippen LogP contribution is -2.57. The second-order valence-electron chi connectivity index (χ2n) is 10.8. The van der Waals surface area contributed by atoms with E-state index in [2.05, 4.69) is 15.6 Å². The Hall–Kier alpha value is -4.09. The molecule has 2 heterocycles. The van der Waals surface area contributed by atoms with Crippen molar-refractivity contribution in [1.82, 2.24) is 20.2 Å². The van der Waals surface area contributed by atoms with E-state index in [1.807, 2.05) is 13.8 Å². The lowest BCUT2D eigenvalue weighted by Gasteiger charge is -2.32. The Morgan fingerprint density at radius 2 is 1.67 bits per heavy atom. The molecule has 1 aromatic heterocycles. The molecule has 45 heavy (non-hydrogen) atoms. The molecule has 5 N–H and O–H groups in total. The van der Waals surface area contributed by atoms with Gasteiger partial charge in [0.2, 0.25) is 5.91 Å². The van der Waals surface area contributed by atoms with Gasteiger partial charge in [0, 0.05) is 39.6 Å². The van der Waals surface area contributed by atoms with Crippen LogP contribution in [0.25, 0.3) is 0 Å². The highest BCUT2D eigenvalue weighted by Gasteiger charge is 2.56. The number of amides is 1. The maximum Gasteiger partial charge on any atom is 0.330 e. The van der Waals surface area contributed by atoms with Gasteiger partial charge in [-0.25, -0.2) is 4.79 Å². The van der Waals surface area contributed by atoms with Crippen molar-refractivity contribution < 1.29 is 47.7 Å². The molecule has 1 saturated heterocycles. The Morgan fingerprint density at radius 3 is 2.22 bits per heavy atom. The van der Waals surface area contributed by atoms with E-state index in [4.69, 9.17) is 29.4 Å². The Labute approximate surface area is 259 Å². The minimum absolute atomic E-state index is 0.0437. The van der Waals surface area contributed by atoms with Gasteiger partial charge in [-0.2, -0.15) is 0 Å². The fraction of sp³-hybridized carbons (Fsp3) is 0.679. The molecule has 1 amide bonds. The van der Waals surface area contributed by atoms with Gasteiger partial charge < -0.3 is 40.1 Å². The lowest BCUT2D eigenvalue weighted by atomic mass is 9.98. The summed E-state index contributed by atoms with van der Waals surface area (Å²) in [6, 6.07) is -1.07. The smallest absolute Gasteiger partial charge is 0.330 e. The molecule has 1 aliphatic heterocycles. The number of rotatable bonds is 16. The monoisotopic (exact) mass is 641 g/mol. The summed E-state index contributed by atoms with van der Waals surface area (Å²) in [6.07, 6.45) is -5.62. The fourth-order valence-electron chi connectivity index (χ4n) is 4.81. The average Bonchev–Trinajstić information content (AvgIpc) is 3.25. The Balaban J connectivity index is 2.44. The van der Waals surface area contributed by atoms with Crippen molar-refractivity contribution in [3.05, 3.63) is 33.1 Å². The maximum absolute atomic E-state index is 13.2. The Kier molecular flexibility index (Phi) is 14.4. The molecule has 0 radical (unpaired) electrons. The predicted molar refractivity (Wildman–Crippen MR) is 155 cm³/mol. The first-order valence-electron chi connectivity index (χ1n) is 14.6. The van der Waals surface area contributed by atoms with Crippen LogP contribution in [0.1, 0.15) is 60.6 Å². The maximum atomic E-state index is 13.2. The molecule has 1 fully saturated rings. The molecule has 1 aliphatic rings. The zero-order valence-corrected chi connectivity index (χ0v) is 26.2. The van der Waals surface area contributed by atoms with Gasteiger partial charge in [-0.3, -0.25) is 38.3 Å². The molecular formula is C28H43N5O12. The number of esters is 4. The van der Waals surface area contributed by atoms with E-state index in [-0.39, 0.29) is 31.5 Å². The van der Waals surface area contributed by atoms with E-state index in [0.717, 1.165) is 37.6 Å². The van der Waals surface area contributed by atoms with Crippen molar-refractivity contribution >= 4 is 29.8 Å². The third-order valence-electron chi connectivity index (χ3n) is 6.53. The van der Waals surface area contributed by atoms with Crippen molar-refractivity contribution in [2.75, 3.05) is 19.7 Å². The highest BCUT2D eigenvalue weighted by Crippen LogP contribution is 2.36. The van der Waals surface area contributed by atoms with Gasteiger partial charge in [0.25, 0.3) is 5.56 Å². The zero-order chi connectivity index (χ0) is 33.8. The van der Waals surface area contributed by atoms with Gasteiger partial charge in [0.05, 0.1) is 12.6 Å². The van der Waals surface area contributed by atoms with Crippen molar-refractivity contribution in [2.24, 2.45) is 11.7 Å². The molecule has 0 saturated carbocycles. The van der Waals surface area contributed by atoms with E-state index in [1.165, 1.54) is 0 Å². The minimum atomic E-state index is -1.55. The molecule has 0 bridgehead atoms. The van der Waals surface area contributed by atoms with Crippen molar-refractivity contribution in [1.29, 1.82) is 0 Å². The second-order valence-corrected chi connectivity index (χ2v) is 10.8. The van der Waals surface area contributed by atoms with Crippen LogP contribution in [0, 0.1) is 5.92 Å². The third kappa shape index (κ3) is 11.1. The zero-order valence-electron chi connectivity index (χ0n) is 26.2. The van der Waals surface area contributed by atoms with Crippen molar-refractivity contribution in [3.63, 3.8) is 0 Å². The molecule has 17 heteroatoms. The molecule has 7 atom stereocenters. The van der Waals surface area contributed by atoms with Gasteiger partial charge in [0.15, 0.2) is 24.5 Å². The van der Waals surface area contributed by atoms with Gasteiger partial charge in [-0.1, -0.05) is 13.8 Å². The standard InChI is InChI=1S/C28H43N5O12/c1-7-41-27(39)20(30-10-8-11-31-25(38)18(29)13-14(2)3)21(42-15(4)34)22-23(43-16(5)35)24(44-17(6)36)26(45-22)33-12-9-19(37)32-28(33)40/h9,12,14,18,20-24,26,30H,7-8,10-11,13,29H2,1-6H3,(H,31,38)(H,32,37,40)/t18-,20?,21+,22+,23+,24+,26+/m0/s1. The van der Waals surface area contributed by atoms with Crippen LogP contribution >= 0.6 is 0 Å². The summed E-state index contributed by atoms with van der Waals surface area (Å²) in [5.74, 6) is -3.47. The van der Waals surface area contributed by atoms with Crippen LogP contribution in [0.15, 0.2) is 21.9 Å². The molecule has 17 nitrogen and oxygen atoms in total. The predicted octanol–water partition coefficient (Wildman–Crippen LogP) is -1.37. The number of ether oxygens (including phenoxy) is 5. The van der Waals surface area contributed by atoms with E-state index in [1.54, 1.807) is 6.92 Å². The number of H-pyrrole nitrogens is 1. The Bertz CT molecular complexity index is 1310. The lowest BCUT2D eigenvalue weighted by molar-refractivity contribution is -0.176. The minimum Gasteiger partial charge on any atom is -0.465 e. The number of carbonyl (C=O) groups is 5. The average molecular weight is 642 g/mol. The van der Waals surface area contributed by atoms with E-state index in [9.17, 15) is 33.6 Å². The van der Waals surface area contributed by atoms with Crippen LogP contribution in [0.3, 0.4) is 0 Å². The van der Waals surface area contributed by atoms with Crippen molar-refractivity contribution in [3.8, 4) is 0 Å². The van der Waals surface area contributed by atoms with Crippen LogP contribution in [-0.4, -0.2) is 95.5 Å². The van der Waals surface area contributed by atoms with Crippen LogP contribution < -0.4 is 27.6 Å². The number of nitrogens with one attached hydrogen (secondary N) is 3. The molecule has 1 unspecified atom stereocenters. The largest absolute Gasteiger partial charge is 0.465 e. The first-order chi connectivity index (χ1) is 21.2. The van der Waals surface area contributed by atoms with E-state index >= 15 is 0 Å². The van der Waals surface area contributed by atoms with E-state index < -0.39 is 77.9 Å². The van der Waals surface area contributed by atoms with Gasteiger partial charge in [0.1, 0.15) is 12.1 Å². The molecular weight excluding hydrogens is 598 g/mol. The highest BCUT2D eigenvalue weighted by molar-refractivity contribution is 5.81. The number of aromatic amines is 1. The normalized spacial score (nSPS) is 21.3. The number of carbonyl (C=O) groups excluding carboxylic acids is 5. The summed E-state index contributed by atoms with van der Waals surface area (Å²) in [5, 5.41) is 5.67. The number of hydrogen-bond acceptors (Lipinski definition) is 14. The molecule has 0 aromatic carbocycles. The van der Waals surface area contributed by atoms with E-state index in [0.29, 0.717) is 12.8 Å². The number of nitrogens with zero attached hydrogens (tertiary/aromatic N) is 1. The Morgan fingerprint density at radius 1 is 1.02 bits per heavy atom. The van der Waals surface area contributed by atoms with Gasteiger partial charge in [-0.15, -0.1) is 0 Å². The second kappa shape index (κ2) is 17.4. The molecule has 0 spiro atoms. The number of hydrogen-bond donors (Lipinski definition) is 4. The van der Waals surface area contributed by atoms with Gasteiger partial charge >= 0.3 is 29.6 Å². The summed E-state index contributed by atoms with van der Waals surface area (Å²) in [7, 11) is 0. The summed E-state index contributed by atoms with van der Waals surface area (Å²) >= 11 is 0. The molecule has 0 aliphatic carbocycles. The fourth-order valence-corrected chi connectivity index (χ4v) is 4.81. The van der Waals surface area contributed by atoms with Crippen LogP contribution in [0.5, 0.6) is 0 Å². The first-order valence-corrected chi connectivity index (χ1v) is 14.6. The summed E-state index contributed by atoms with van der Waals surface area (Å²) in [5.41, 5.74) is 4.26. The topological polar surface area (TPSA) is 236 Å². The summed E-state index contributed by atoms with van der Waals surface area (Å²) in [6.45, 7) is 8.94. The summed E-state index contributed by atoms with van der Waals surface area (Å²) < 4.78 is 28.6. The third-order valence-corrected chi connectivity index (χ3v) is 6.53. The van der Waals surface area contributed by atoms with Gasteiger partial charge in [-0.05, 0) is 32.2 Å². The van der Waals surface area contributed by atoms with Crippen LogP contribution in [-0.2, 0) is 47.7 Å². The SMILES string of the molecule is CCOC(=O)C(NCCCNC(=O)[C@@H](N)CC(C)C)[C@@H](OC(C)=O)[C@H]1O[C@@H](n2ccc(=O)[nH]c2=O)[C@H](OC(C)=O)[C@@H]1OC(C)=O. The first kappa shape index (κ1) is 37.1. The van der Waals surface area contributed by atoms with Crippen molar-refractivity contribution in [2.45, 2.75) is 97.1 Å². The quantitative estimate of drug-likeness (QED) is 0.0926. The number of nitrogens with two attached hydrogens (primary N) is 1. The number of aromatic nitrogens is 2. The molecule has 1 aromatic rings. The molecule has 2 rings (SSSR count). The highest BCUT2D eigenvalue weighted by atomic mass is 16.7.